The molecule has 1 atom stereocenters. The van der Waals surface area contributed by atoms with Crippen molar-refractivity contribution < 1.29 is 0 Å². The lowest BCUT2D eigenvalue weighted by atomic mass is 9.81. The number of nitrogens with one attached hydrogen (secondary N) is 1. The van der Waals surface area contributed by atoms with E-state index < -0.39 is 0 Å². The van der Waals surface area contributed by atoms with Crippen molar-refractivity contribution in [3.05, 3.63) is 0 Å². The second kappa shape index (κ2) is 5.04. The van der Waals surface area contributed by atoms with Crippen LogP contribution in [0.1, 0.15) is 25.7 Å². The highest BCUT2D eigenvalue weighted by Gasteiger charge is 2.20. The molecular weight excluding hydrogens is 154 g/mol. The molecule has 0 bridgehead atoms. The average Bonchev–Trinajstić information content (AvgIpc) is 1.94. The summed E-state index contributed by atoms with van der Waals surface area (Å²) in [6, 6.07) is 0.760. The van der Waals surface area contributed by atoms with Gasteiger partial charge >= 0.3 is 0 Å². The quantitative estimate of drug-likeness (QED) is 0.683. The summed E-state index contributed by atoms with van der Waals surface area (Å²) in [4.78, 5) is 0. The normalized spacial score (nSPS) is 21.3. The first kappa shape index (κ1) is 9.40. The number of hydrogen-bond donors (Lipinski definition) is 1. The molecule has 1 rings (SSSR count). The van der Waals surface area contributed by atoms with E-state index in [1.807, 2.05) is 11.8 Å². The largest absolute Gasteiger partial charge is 0.316 e. The molecule has 1 N–H and O–H groups in total. The van der Waals surface area contributed by atoms with Crippen molar-refractivity contribution in [3.63, 3.8) is 0 Å². The monoisotopic (exact) mass is 173 g/mol. The number of rotatable bonds is 5. The van der Waals surface area contributed by atoms with E-state index in [0.717, 1.165) is 12.0 Å². The Morgan fingerprint density at radius 3 is 2.64 bits per heavy atom. The van der Waals surface area contributed by atoms with Gasteiger partial charge in [0.1, 0.15) is 0 Å². The van der Waals surface area contributed by atoms with E-state index in [1.165, 1.54) is 31.4 Å². The summed E-state index contributed by atoms with van der Waals surface area (Å²) >= 11 is 1.95. The molecule has 0 radical (unpaired) electrons. The van der Waals surface area contributed by atoms with Crippen LogP contribution >= 0.6 is 11.8 Å². The van der Waals surface area contributed by atoms with E-state index in [1.54, 1.807) is 0 Å². The molecule has 0 aliphatic heterocycles. The third kappa shape index (κ3) is 3.04. The molecule has 0 aromatic heterocycles. The van der Waals surface area contributed by atoms with Crippen LogP contribution in [0.2, 0.25) is 0 Å². The fourth-order valence-electron chi connectivity index (χ4n) is 1.60. The first-order valence-corrected chi connectivity index (χ1v) is 5.92. The Hall–Kier alpha value is 0.310. The third-order valence-electron chi connectivity index (χ3n) is 2.62. The van der Waals surface area contributed by atoms with Crippen LogP contribution in [0.3, 0.4) is 0 Å². The summed E-state index contributed by atoms with van der Waals surface area (Å²) in [6.45, 7) is 0. The van der Waals surface area contributed by atoms with Crippen molar-refractivity contribution >= 4 is 11.8 Å². The second-order valence-electron chi connectivity index (χ2n) is 3.47. The Balaban J connectivity index is 2.08. The predicted octanol–water partition coefficient (Wildman–Crippen LogP) is 2.13. The van der Waals surface area contributed by atoms with E-state index in [2.05, 4.69) is 18.6 Å². The molecule has 66 valence electrons. The van der Waals surface area contributed by atoms with Crippen LogP contribution in [-0.2, 0) is 0 Å². The van der Waals surface area contributed by atoms with Crippen LogP contribution in [0.25, 0.3) is 0 Å². The Labute approximate surface area is 74.3 Å². The van der Waals surface area contributed by atoms with Crippen LogP contribution in [0.15, 0.2) is 0 Å². The number of hydrogen-bond acceptors (Lipinski definition) is 2. The molecule has 11 heavy (non-hydrogen) atoms. The van der Waals surface area contributed by atoms with E-state index in [0.29, 0.717) is 0 Å². The molecule has 1 aliphatic carbocycles. The summed E-state index contributed by atoms with van der Waals surface area (Å²) in [5.41, 5.74) is 0. The van der Waals surface area contributed by atoms with Crippen LogP contribution in [0, 0.1) is 5.92 Å². The molecule has 0 heterocycles. The van der Waals surface area contributed by atoms with E-state index in [4.69, 9.17) is 0 Å². The minimum Gasteiger partial charge on any atom is -0.316 e. The van der Waals surface area contributed by atoms with Crippen LogP contribution < -0.4 is 5.32 Å². The lowest BCUT2D eigenvalue weighted by molar-refractivity contribution is 0.272. The fraction of sp³-hybridized carbons (Fsp3) is 1.00. The maximum absolute atomic E-state index is 3.38. The van der Waals surface area contributed by atoms with Gasteiger partial charge in [-0.2, -0.15) is 11.8 Å². The van der Waals surface area contributed by atoms with E-state index in [-0.39, 0.29) is 0 Å². The zero-order valence-electron chi connectivity index (χ0n) is 7.60. The SMILES string of the molecule is CNC(CSC)CC1CCC1. The smallest absolute Gasteiger partial charge is 0.0157 e. The molecule has 0 aromatic carbocycles. The Morgan fingerprint density at radius 2 is 2.27 bits per heavy atom. The summed E-state index contributed by atoms with van der Waals surface area (Å²) in [7, 11) is 2.08. The predicted molar refractivity (Wildman–Crippen MR) is 53.2 cm³/mol. The molecule has 0 amide bonds. The van der Waals surface area contributed by atoms with Gasteiger partial charge in [0.15, 0.2) is 0 Å². The summed E-state index contributed by atoms with van der Waals surface area (Å²) in [5.74, 6) is 2.31. The molecule has 1 fully saturated rings. The molecular formula is C9H19NS. The molecule has 0 aromatic rings. The van der Waals surface area contributed by atoms with Crippen molar-refractivity contribution in [3.8, 4) is 0 Å². The zero-order chi connectivity index (χ0) is 8.10. The van der Waals surface area contributed by atoms with Crippen molar-refractivity contribution in [1.82, 2.24) is 5.32 Å². The van der Waals surface area contributed by atoms with Gasteiger partial charge in [0.2, 0.25) is 0 Å². The third-order valence-corrected chi connectivity index (χ3v) is 3.35. The maximum atomic E-state index is 3.38. The van der Waals surface area contributed by atoms with Gasteiger partial charge in [-0.15, -0.1) is 0 Å². The highest BCUT2D eigenvalue weighted by molar-refractivity contribution is 7.98. The van der Waals surface area contributed by atoms with E-state index >= 15 is 0 Å². The first-order chi connectivity index (χ1) is 5.36. The van der Waals surface area contributed by atoms with Gasteiger partial charge in [0.25, 0.3) is 0 Å². The highest BCUT2D eigenvalue weighted by Crippen LogP contribution is 2.30. The van der Waals surface area contributed by atoms with Crippen molar-refractivity contribution in [2.45, 2.75) is 31.7 Å². The summed E-state index contributed by atoms with van der Waals surface area (Å²) in [6.07, 6.45) is 8.02. The highest BCUT2D eigenvalue weighted by atomic mass is 32.2. The minimum atomic E-state index is 0.760. The van der Waals surface area contributed by atoms with Gasteiger partial charge in [-0.05, 0) is 25.6 Å². The maximum Gasteiger partial charge on any atom is 0.0157 e. The Morgan fingerprint density at radius 1 is 1.55 bits per heavy atom. The van der Waals surface area contributed by atoms with Gasteiger partial charge in [-0.3, -0.25) is 0 Å². The topological polar surface area (TPSA) is 12.0 Å². The van der Waals surface area contributed by atoms with Crippen molar-refractivity contribution in [2.24, 2.45) is 5.92 Å². The molecule has 2 heteroatoms. The lowest BCUT2D eigenvalue weighted by Crippen LogP contribution is -2.31. The molecule has 1 nitrogen and oxygen atoms in total. The van der Waals surface area contributed by atoms with Crippen LogP contribution in [0.4, 0.5) is 0 Å². The average molecular weight is 173 g/mol. The molecule has 0 spiro atoms. The van der Waals surface area contributed by atoms with Crippen molar-refractivity contribution in [1.29, 1.82) is 0 Å². The van der Waals surface area contributed by atoms with Gasteiger partial charge in [0, 0.05) is 11.8 Å². The molecule has 0 saturated heterocycles. The summed E-state index contributed by atoms with van der Waals surface area (Å²) < 4.78 is 0. The number of thioether (sulfide) groups is 1. The lowest BCUT2D eigenvalue weighted by Gasteiger charge is -2.29. The Kier molecular flexibility index (Phi) is 4.31. The van der Waals surface area contributed by atoms with Gasteiger partial charge < -0.3 is 5.32 Å². The molecule has 1 unspecified atom stereocenters. The second-order valence-corrected chi connectivity index (χ2v) is 4.38. The first-order valence-electron chi connectivity index (χ1n) is 4.53. The Bertz CT molecular complexity index is 102. The van der Waals surface area contributed by atoms with E-state index in [9.17, 15) is 0 Å². The zero-order valence-corrected chi connectivity index (χ0v) is 8.41. The van der Waals surface area contributed by atoms with Gasteiger partial charge in [0.05, 0.1) is 0 Å². The fourth-order valence-corrected chi connectivity index (χ4v) is 2.31. The summed E-state index contributed by atoms with van der Waals surface area (Å²) in [5, 5.41) is 3.38. The minimum absolute atomic E-state index is 0.760. The standard InChI is InChI=1S/C9H19NS/c1-10-9(7-11-2)6-8-4-3-5-8/h8-10H,3-7H2,1-2H3. The molecule has 1 aliphatic rings. The molecule has 1 saturated carbocycles. The van der Waals surface area contributed by atoms with Crippen LogP contribution in [-0.4, -0.2) is 25.1 Å². The van der Waals surface area contributed by atoms with Crippen LogP contribution in [0.5, 0.6) is 0 Å². The van der Waals surface area contributed by atoms with Crippen molar-refractivity contribution in [2.75, 3.05) is 19.1 Å². The van der Waals surface area contributed by atoms with Gasteiger partial charge in [-0.25, -0.2) is 0 Å². The van der Waals surface area contributed by atoms with Gasteiger partial charge in [-0.1, -0.05) is 19.3 Å².